The number of benzene rings is 1. The van der Waals surface area contributed by atoms with Crippen molar-refractivity contribution < 1.29 is 0 Å². The second-order valence-corrected chi connectivity index (χ2v) is 10.2. The van der Waals surface area contributed by atoms with Crippen LogP contribution in [0.5, 0.6) is 0 Å². The van der Waals surface area contributed by atoms with Crippen molar-refractivity contribution in [2.24, 2.45) is 7.05 Å². The SMILES string of the molecule is CN1CCC(N(C)c2cc(C(Nc3cc4cc(-c5cncn5C)ccc4cn3)=C3CC3)ccn2)CC1. The number of nitrogens with one attached hydrogen (secondary N) is 1. The molecule has 2 aliphatic rings. The fraction of sp³-hybridized carbons (Fsp3) is 0.345. The Bertz CT molecular complexity index is 1420. The Balaban J connectivity index is 1.27. The number of pyridine rings is 2. The second kappa shape index (κ2) is 9.39. The zero-order valence-corrected chi connectivity index (χ0v) is 21.3. The van der Waals surface area contributed by atoms with Gasteiger partial charge in [-0.1, -0.05) is 12.1 Å². The summed E-state index contributed by atoms with van der Waals surface area (Å²) in [7, 11) is 6.41. The summed E-state index contributed by atoms with van der Waals surface area (Å²) < 4.78 is 2.04. The van der Waals surface area contributed by atoms with Gasteiger partial charge >= 0.3 is 0 Å². The first-order valence-electron chi connectivity index (χ1n) is 12.8. The van der Waals surface area contributed by atoms with E-state index in [1.54, 1.807) is 0 Å². The maximum atomic E-state index is 4.74. The van der Waals surface area contributed by atoms with E-state index in [9.17, 15) is 0 Å². The number of aromatic nitrogens is 4. The van der Waals surface area contributed by atoms with Gasteiger partial charge < -0.3 is 19.7 Å². The van der Waals surface area contributed by atoms with Crippen LogP contribution >= 0.6 is 0 Å². The Hall–Kier alpha value is -3.71. The van der Waals surface area contributed by atoms with Crippen LogP contribution in [0.2, 0.25) is 0 Å². The summed E-state index contributed by atoms with van der Waals surface area (Å²) in [5, 5.41) is 5.94. The van der Waals surface area contributed by atoms with Crippen LogP contribution < -0.4 is 10.2 Å². The van der Waals surface area contributed by atoms with Crippen molar-refractivity contribution in [1.82, 2.24) is 24.4 Å². The molecule has 3 aromatic heterocycles. The number of piperidine rings is 1. The van der Waals surface area contributed by atoms with Crippen molar-refractivity contribution in [3.05, 3.63) is 72.5 Å². The van der Waals surface area contributed by atoms with Gasteiger partial charge in [0.1, 0.15) is 11.6 Å². The molecule has 7 nitrogen and oxygen atoms in total. The summed E-state index contributed by atoms with van der Waals surface area (Å²) in [6.07, 6.45) is 12.2. The highest BCUT2D eigenvalue weighted by Crippen LogP contribution is 2.38. The van der Waals surface area contributed by atoms with Gasteiger partial charge in [0, 0.05) is 54.7 Å². The zero-order chi connectivity index (χ0) is 24.6. The van der Waals surface area contributed by atoms with Crippen LogP contribution in [0.4, 0.5) is 11.6 Å². The molecule has 0 atom stereocenters. The third-order valence-electron chi connectivity index (χ3n) is 7.57. The Morgan fingerprint density at radius 1 is 0.972 bits per heavy atom. The summed E-state index contributed by atoms with van der Waals surface area (Å²) in [5.41, 5.74) is 6.04. The van der Waals surface area contributed by atoms with E-state index >= 15 is 0 Å². The van der Waals surface area contributed by atoms with Gasteiger partial charge in [-0.15, -0.1) is 0 Å². The molecule has 36 heavy (non-hydrogen) atoms. The number of likely N-dealkylation sites (tertiary alicyclic amines) is 1. The number of hydrogen-bond donors (Lipinski definition) is 1. The van der Waals surface area contributed by atoms with Gasteiger partial charge in [-0.25, -0.2) is 15.0 Å². The summed E-state index contributed by atoms with van der Waals surface area (Å²) >= 11 is 0. The van der Waals surface area contributed by atoms with Crippen molar-refractivity contribution in [3.63, 3.8) is 0 Å². The quantitative estimate of drug-likeness (QED) is 0.411. The largest absolute Gasteiger partial charge is 0.357 e. The van der Waals surface area contributed by atoms with Crippen LogP contribution in [0.1, 0.15) is 31.2 Å². The van der Waals surface area contributed by atoms with Gasteiger partial charge in [0.15, 0.2) is 0 Å². The number of imidazole rings is 1. The van der Waals surface area contributed by atoms with Gasteiger partial charge in [0.2, 0.25) is 0 Å². The Morgan fingerprint density at radius 3 is 2.56 bits per heavy atom. The topological polar surface area (TPSA) is 62.1 Å². The first-order chi connectivity index (χ1) is 17.5. The van der Waals surface area contributed by atoms with Crippen LogP contribution in [-0.2, 0) is 7.05 Å². The highest BCUT2D eigenvalue weighted by atomic mass is 15.2. The van der Waals surface area contributed by atoms with E-state index in [1.807, 2.05) is 36.5 Å². The van der Waals surface area contributed by atoms with Crippen LogP contribution in [0, 0.1) is 0 Å². The molecule has 1 saturated heterocycles. The van der Waals surface area contributed by atoms with Crippen molar-refractivity contribution in [3.8, 4) is 11.3 Å². The molecule has 0 amide bonds. The Morgan fingerprint density at radius 2 is 1.81 bits per heavy atom. The monoisotopic (exact) mass is 479 g/mol. The van der Waals surface area contributed by atoms with Crippen molar-refractivity contribution in [1.29, 1.82) is 0 Å². The Labute approximate surface area is 212 Å². The van der Waals surface area contributed by atoms with Crippen molar-refractivity contribution >= 4 is 28.1 Å². The van der Waals surface area contributed by atoms with E-state index in [1.165, 1.54) is 29.7 Å². The lowest BCUT2D eigenvalue weighted by atomic mass is 10.0. The normalized spacial score (nSPS) is 16.4. The predicted molar refractivity (Wildman–Crippen MR) is 147 cm³/mol. The smallest absolute Gasteiger partial charge is 0.130 e. The number of hydrogen-bond acceptors (Lipinski definition) is 6. The molecule has 1 aliphatic carbocycles. The maximum absolute atomic E-state index is 4.74. The average Bonchev–Trinajstić information content (AvgIpc) is 3.66. The summed E-state index contributed by atoms with van der Waals surface area (Å²) in [5.74, 6) is 1.90. The number of aryl methyl sites for hydroxylation is 1. The van der Waals surface area contributed by atoms with Crippen LogP contribution in [-0.4, -0.2) is 57.6 Å². The Kier molecular flexibility index (Phi) is 5.93. The molecule has 7 heteroatoms. The molecule has 184 valence electrons. The van der Waals surface area contributed by atoms with Crippen molar-refractivity contribution in [2.75, 3.05) is 37.4 Å². The fourth-order valence-electron chi connectivity index (χ4n) is 5.15. The van der Waals surface area contributed by atoms with E-state index in [0.717, 1.165) is 59.6 Å². The molecule has 0 spiro atoms. The average molecular weight is 480 g/mol. The molecule has 0 radical (unpaired) electrons. The molecular weight excluding hydrogens is 446 g/mol. The van der Waals surface area contributed by atoms with Gasteiger partial charge in [0.25, 0.3) is 0 Å². The molecule has 4 heterocycles. The lowest BCUT2D eigenvalue weighted by Gasteiger charge is -2.35. The predicted octanol–water partition coefficient (Wildman–Crippen LogP) is 5.18. The maximum Gasteiger partial charge on any atom is 0.130 e. The minimum Gasteiger partial charge on any atom is -0.357 e. The molecule has 6 rings (SSSR count). The van der Waals surface area contributed by atoms with Crippen LogP contribution in [0.15, 0.2) is 66.9 Å². The molecule has 1 aliphatic heterocycles. The van der Waals surface area contributed by atoms with E-state index in [0.29, 0.717) is 6.04 Å². The minimum atomic E-state index is 0.532. The summed E-state index contributed by atoms with van der Waals surface area (Å²) in [6.45, 7) is 2.28. The minimum absolute atomic E-state index is 0.532. The first-order valence-corrected chi connectivity index (χ1v) is 12.8. The zero-order valence-electron chi connectivity index (χ0n) is 21.3. The van der Waals surface area contributed by atoms with Crippen molar-refractivity contribution in [2.45, 2.75) is 31.7 Å². The summed E-state index contributed by atoms with van der Waals surface area (Å²) in [4.78, 5) is 18.5. The van der Waals surface area contributed by atoms with E-state index < -0.39 is 0 Å². The lowest BCUT2D eigenvalue weighted by molar-refractivity contribution is 0.252. The second-order valence-electron chi connectivity index (χ2n) is 10.2. The number of rotatable bonds is 6. The molecule has 2 fully saturated rings. The number of fused-ring (bicyclic) bond motifs is 1. The van der Waals surface area contributed by atoms with Crippen LogP contribution in [0.25, 0.3) is 27.7 Å². The molecule has 4 aromatic rings. The highest BCUT2D eigenvalue weighted by molar-refractivity contribution is 5.90. The van der Waals surface area contributed by atoms with Gasteiger partial charge in [-0.05, 0) is 81.0 Å². The lowest BCUT2D eigenvalue weighted by Crippen LogP contribution is -2.42. The highest BCUT2D eigenvalue weighted by Gasteiger charge is 2.24. The first kappa shape index (κ1) is 22.7. The third kappa shape index (κ3) is 4.58. The molecule has 1 saturated carbocycles. The van der Waals surface area contributed by atoms with Gasteiger partial charge in [-0.2, -0.15) is 0 Å². The molecule has 0 unspecified atom stereocenters. The molecule has 1 N–H and O–H groups in total. The van der Waals surface area contributed by atoms with Gasteiger partial charge in [0.05, 0.1) is 18.2 Å². The van der Waals surface area contributed by atoms with E-state index in [2.05, 4.69) is 70.6 Å². The molecule has 0 bridgehead atoms. The standard InChI is InChI=1S/C29H33N7/c1-34-12-9-25(10-13-34)36(3)28-16-22(8-11-31-28)29(20-4-5-20)33-27-15-24-14-21(6-7-23(24)17-32-27)26-18-30-19-35(26)2/h6-8,11,14-19,25H,4-5,9-10,12-13H2,1-3H3,(H,32,33). The summed E-state index contributed by atoms with van der Waals surface area (Å²) in [6, 6.07) is 13.5. The number of anilines is 2. The molecule has 1 aromatic carbocycles. The fourth-order valence-corrected chi connectivity index (χ4v) is 5.15. The van der Waals surface area contributed by atoms with Crippen LogP contribution in [0.3, 0.4) is 0 Å². The number of nitrogens with zero attached hydrogens (tertiary/aromatic N) is 6. The molecular formula is C29H33N7. The van der Waals surface area contributed by atoms with E-state index in [4.69, 9.17) is 9.97 Å². The van der Waals surface area contributed by atoms with Gasteiger partial charge in [-0.3, -0.25) is 0 Å². The third-order valence-corrected chi connectivity index (χ3v) is 7.57. The number of allylic oxidation sites excluding steroid dienone is 1. The van der Waals surface area contributed by atoms with E-state index in [-0.39, 0.29) is 0 Å².